The minimum atomic E-state index is -0.855. The molecule has 0 rings (SSSR count). The maximum absolute atomic E-state index is 12.3. The van der Waals surface area contributed by atoms with E-state index in [1.807, 2.05) is 6.08 Å². The van der Waals surface area contributed by atoms with Crippen molar-refractivity contribution in [3.05, 3.63) is 109 Å². The van der Waals surface area contributed by atoms with Crippen LogP contribution in [-0.2, 0) is 4.79 Å². The summed E-state index contributed by atoms with van der Waals surface area (Å²) < 4.78 is 0. The molecule has 0 fully saturated rings. The molecule has 3 N–H and O–H groups in total. The minimum absolute atomic E-state index is 0.0979. The van der Waals surface area contributed by atoms with E-state index in [-0.39, 0.29) is 12.5 Å². The highest BCUT2D eigenvalue weighted by Crippen LogP contribution is 2.10. The van der Waals surface area contributed by atoms with E-state index >= 15 is 0 Å². The van der Waals surface area contributed by atoms with Crippen molar-refractivity contribution in [3.8, 4) is 0 Å². The largest absolute Gasteiger partial charge is 0.394 e. The second kappa shape index (κ2) is 40.5. The Balaban J connectivity index is 3.73. The lowest BCUT2D eigenvalue weighted by atomic mass is 10.1. The van der Waals surface area contributed by atoms with Gasteiger partial charge in [0.05, 0.1) is 18.8 Å². The predicted molar refractivity (Wildman–Crippen MR) is 220 cm³/mol. The number of hydrogen-bond acceptors (Lipinski definition) is 3. The zero-order chi connectivity index (χ0) is 36.4. The van der Waals surface area contributed by atoms with Gasteiger partial charge in [-0.15, -0.1) is 0 Å². The maximum atomic E-state index is 12.3. The molecule has 0 bridgehead atoms. The Labute approximate surface area is 308 Å². The van der Waals surface area contributed by atoms with Crippen molar-refractivity contribution in [1.82, 2.24) is 5.32 Å². The van der Waals surface area contributed by atoms with E-state index in [9.17, 15) is 15.0 Å². The molecular formula is C46H75NO3. The zero-order valence-corrected chi connectivity index (χ0v) is 32.1. The fourth-order valence-electron chi connectivity index (χ4n) is 5.19. The lowest BCUT2D eigenvalue weighted by Gasteiger charge is -2.20. The number of rotatable bonds is 34. The summed E-state index contributed by atoms with van der Waals surface area (Å²) >= 11 is 0. The Hall–Kier alpha value is -2.95. The number of aliphatic hydroxyl groups is 2. The van der Waals surface area contributed by atoms with Gasteiger partial charge in [0.2, 0.25) is 5.91 Å². The van der Waals surface area contributed by atoms with Crippen LogP contribution in [0.15, 0.2) is 109 Å². The number of aliphatic hydroxyl groups excluding tert-OH is 2. The van der Waals surface area contributed by atoms with Crippen LogP contribution in [0.2, 0.25) is 0 Å². The smallest absolute Gasteiger partial charge is 0.220 e. The standard InChI is InChI=1S/C46H75NO3/c1-3-5-7-9-11-13-14-15-16-17-18-19-20-21-22-23-24-25-26-27-28-29-30-31-32-34-36-38-40-42-46(50)47-44(43-48)45(49)41-39-37-35-33-12-10-8-6-4-2/h5,7,11,13,15-16,18-19,21-22,24-25,27-28,30-31,39,41,44-45,48-49H,3-4,6,8-10,12,14,17,20,23,26,29,32-38,40,42-43H2,1-2H3,(H,47,50)/b7-5-,13-11-,16-15-,19-18-,22-21-,25-24-,28-27-,31-30-,41-39+. The van der Waals surface area contributed by atoms with Gasteiger partial charge in [0.1, 0.15) is 0 Å². The Morgan fingerprint density at radius 2 is 0.880 bits per heavy atom. The molecule has 0 radical (unpaired) electrons. The molecule has 0 saturated heterocycles. The van der Waals surface area contributed by atoms with Crippen LogP contribution in [-0.4, -0.2) is 34.9 Å². The fourth-order valence-corrected chi connectivity index (χ4v) is 5.19. The fraction of sp³-hybridized carbons (Fsp3) is 0.587. The SMILES string of the molecule is CC/C=C\C/C=C\C/C=C\C/C=C\C/C=C\C/C=C\C/C=C\C/C=C\CCCCCCC(=O)NC(CO)C(O)/C=C/CCCCCCCCC. The Kier molecular flexibility index (Phi) is 38.1. The topological polar surface area (TPSA) is 69.6 Å². The number of amides is 1. The molecule has 50 heavy (non-hydrogen) atoms. The molecule has 0 aromatic carbocycles. The molecule has 4 heteroatoms. The molecular weight excluding hydrogens is 615 g/mol. The van der Waals surface area contributed by atoms with Crippen LogP contribution in [0.25, 0.3) is 0 Å². The molecule has 4 nitrogen and oxygen atoms in total. The molecule has 2 unspecified atom stereocenters. The highest BCUT2D eigenvalue weighted by molar-refractivity contribution is 5.76. The summed E-state index contributed by atoms with van der Waals surface area (Å²) in [6.07, 6.45) is 61.8. The van der Waals surface area contributed by atoms with E-state index in [0.29, 0.717) is 6.42 Å². The molecule has 0 heterocycles. The van der Waals surface area contributed by atoms with Crippen LogP contribution >= 0.6 is 0 Å². The van der Waals surface area contributed by atoms with Crippen molar-refractivity contribution >= 4 is 5.91 Å². The van der Waals surface area contributed by atoms with E-state index in [2.05, 4.69) is 116 Å². The summed E-state index contributed by atoms with van der Waals surface area (Å²) in [6, 6.07) is -0.641. The van der Waals surface area contributed by atoms with Gasteiger partial charge in [-0.1, -0.05) is 175 Å². The van der Waals surface area contributed by atoms with Gasteiger partial charge in [-0.25, -0.2) is 0 Å². The Morgan fingerprint density at radius 3 is 1.32 bits per heavy atom. The Bertz CT molecular complexity index is 1010. The van der Waals surface area contributed by atoms with Gasteiger partial charge in [-0.2, -0.15) is 0 Å². The first-order chi connectivity index (χ1) is 24.7. The first-order valence-corrected chi connectivity index (χ1v) is 20.1. The van der Waals surface area contributed by atoms with Crippen molar-refractivity contribution < 1.29 is 15.0 Å². The first-order valence-electron chi connectivity index (χ1n) is 20.1. The van der Waals surface area contributed by atoms with Gasteiger partial charge in [0, 0.05) is 6.42 Å². The third kappa shape index (κ3) is 36.3. The average Bonchev–Trinajstić information content (AvgIpc) is 3.12. The highest BCUT2D eigenvalue weighted by atomic mass is 16.3. The molecule has 0 saturated carbocycles. The summed E-state index contributed by atoms with van der Waals surface area (Å²) in [6.45, 7) is 4.13. The van der Waals surface area contributed by atoms with Crippen LogP contribution in [0.4, 0.5) is 0 Å². The number of allylic oxidation sites excluding steroid dienone is 17. The van der Waals surface area contributed by atoms with Gasteiger partial charge in [-0.05, 0) is 83.5 Å². The third-order valence-electron chi connectivity index (χ3n) is 8.26. The third-order valence-corrected chi connectivity index (χ3v) is 8.26. The quantitative estimate of drug-likeness (QED) is 0.0465. The molecule has 282 valence electrons. The number of carbonyl (C=O) groups is 1. The van der Waals surface area contributed by atoms with Crippen molar-refractivity contribution in [3.63, 3.8) is 0 Å². The monoisotopic (exact) mass is 690 g/mol. The van der Waals surface area contributed by atoms with Crippen molar-refractivity contribution in [2.45, 2.75) is 167 Å². The minimum Gasteiger partial charge on any atom is -0.394 e. The maximum Gasteiger partial charge on any atom is 0.220 e. The summed E-state index contributed by atoms with van der Waals surface area (Å²) in [7, 11) is 0. The van der Waals surface area contributed by atoms with Crippen LogP contribution in [0.1, 0.15) is 155 Å². The number of carbonyl (C=O) groups excluding carboxylic acids is 1. The van der Waals surface area contributed by atoms with E-state index in [1.54, 1.807) is 6.08 Å². The summed E-state index contributed by atoms with van der Waals surface area (Å²) in [5.74, 6) is -0.0979. The first kappa shape index (κ1) is 47.0. The lowest BCUT2D eigenvalue weighted by Crippen LogP contribution is -2.45. The molecule has 0 spiro atoms. The Morgan fingerprint density at radius 1 is 0.500 bits per heavy atom. The molecule has 2 atom stereocenters. The van der Waals surface area contributed by atoms with Gasteiger partial charge in [0.25, 0.3) is 0 Å². The summed E-state index contributed by atoms with van der Waals surface area (Å²) in [5, 5.41) is 22.8. The average molecular weight is 690 g/mol. The second-order valence-electron chi connectivity index (χ2n) is 13.0. The number of hydrogen-bond donors (Lipinski definition) is 3. The normalized spacial score (nSPS) is 14.2. The molecule has 0 aliphatic heterocycles. The van der Waals surface area contributed by atoms with E-state index < -0.39 is 12.1 Å². The molecule has 0 aliphatic rings. The van der Waals surface area contributed by atoms with Crippen molar-refractivity contribution in [2.75, 3.05) is 6.61 Å². The highest BCUT2D eigenvalue weighted by Gasteiger charge is 2.17. The molecule has 0 aromatic heterocycles. The molecule has 1 amide bonds. The summed E-state index contributed by atoms with van der Waals surface area (Å²) in [5.41, 5.74) is 0. The van der Waals surface area contributed by atoms with Crippen LogP contribution in [0.3, 0.4) is 0 Å². The van der Waals surface area contributed by atoms with E-state index in [1.165, 1.54) is 38.5 Å². The van der Waals surface area contributed by atoms with Crippen LogP contribution < -0.4 is 5.32 Å². The number of nitrogens with one attached hydrogen (secondary N) is 1. The zero-order valence-electron chi connectivity index (χ0n) is 32.1. The number of unbranched alkanes of at least 4 members (excludes halogenated alkanes) is 11. The van der Waals surface area contributed by atoms with Crippen LogP contribution in [0.5, 0.6) is 0 Å². The molecule has 0 aromatic rings. The summed E-state index contributed by atoms with van der Waals surface area (Å²) in [4.78, 5) is 12.3. The van der Waals surface area contributed by atoms with Crippen LogP contribution in [0, 0.1) is 0 Å². The molecule has 0 aliphatic carbocycles. The van der Waals surface area contributed by atoms with Gasteiger partial charge in [-0.3, -0.25) is 4.79 Å². The van der Waals surface area contributed by atoms with Crippen molar-refractivity contribution in [2.24, 2.45) is 0 Å². The van der Waals surface area contributed by atoms with E-state index in [4.69, 9.17) is 0 Å². The van der Waals surface area contributed by atoms with Gasteiger partial charge in [0.15, 0.2) is 0 Å². The van der Waals surface area contributed by atoms with E-state index in [0.717, 1.165) is 96.3 Å². The second-order valence-corrected chi connectivity index (χ2v) is 13.0. The van der Waals surface area contributed by atoms with Gasteiger partial charge >= 0.3 is 0 Å². The van der Waals surface area contributed by atoms with Gasteiger partial charge < -0.3 is 15.5 Å². The van der Waals surface area contributed by atoms with Crippen molar-refractivity contribution in [1.29, 1.82) is 0 Å². The predicted octanol–water partition coefficient (Wildman–Crippen LogP) is 12.5. The lowest BCUT2D eigenvalue weighted by molar-refractivity contribution is -0.123.